The fraction of sp³-hybridized carbons (Fsp3) is 0.0938. The molecule has 8 nitrogen and oxygen atoms in total. The van der Waals surface area contributed by atoms with Gasteiger partial charge in [0.15, 0.2) is 0 Å². The standard InChI is InChI=1S/C32H28N4O4/c1-21-11-12-23(18-29(21)40-32-26(10-7-16-35-32)22-15-17-34-30(19-22)33-2)31(37)36-27-20-25(13-14-28(27)38-3)39-24-8-5-4-6-9-24/h4-20H,1-3H3,(H,33,34)(H,36,37). The zero-order valence-electron chi connectivity index (χ0n) is 22.3. The fourth-order valence-electron chi connectivity index (χ4n) is 4.05. The molecule has 0 radical (unpaired) electrons. The number of rotatable bonds is 9. The number of hydrogen-bond donors (Lipinski definition) is 2. The molecular formula is C32H28N4O4. The lowest BCUT2D eigenvalue weighted by atomic mass is 10.1. The van der Waals surface area contributed by atoms with Gasteiger partial charge in [-0.15, -0.1) is 0 Å². The molecular weight excluding hydrogens is 504 g/mol. The summed E-state index contributed by atoms with van der Waals surface area (Å²) in [6.07, 6.45) is 3.39. The van der Waals surface area contributed by atoms with Gasteiger partial charge in [0, 0.05) is 36.6 Å². The molecule has 0 atom stereocenters. The van der Waals surface area contributed by atoms with Crippen LogP contribution in [0.25, 0.3) is 11.1 Å². The number of hydrogen-bond acceptors (Lipinski definition) is 7. The van der Waals surface area contributed by atoms with E-state index < -0.39 is 0 Å². The molecule has 1 amide bonds. The van der Waals surface area contributed by atoms with Crippen LogP contribution in [0.3, 0.4) is 0 Å². The number of benzene rings is 3. The first-order valence-corrected chi connectivity index (χ1v) is 12.6. The number of methoxy groups -OCH3 is 1. The van der Waals surface area contributed by atoms with Crippen LogP contribution < -0.4 is 24.8 Å². The molecule has 0 fully saturated rings. The number of aryl methyl sites for hydroxylation is 1. The number of aromatic nitrogens is 2. The normalized spacial score (nSPS) is 10.5. The van der Waals surface area contributed by atoms with Crippen molar-refractivity contribution in [1.29, 1.82) is 0 Å². The summed E-state index contributed by atoms with van der Waals surface area (Å²) in [7, 11) is 3.36. The van der Waals surface area contributed by atoms with Gasteiger partial charge in [0.25, 0.3) is 5.91 Å². The van der Waals surface area contributed by atoms with Crippen LogP contribution in [0, 0.1) is 6.92 Å². The second-order valence-corrected chi connectivity index (χ2v) is 8.85. The van der Waals surface area contributed by atoms with Crippen molar-refractivity contribution >= 4 is 17.4 Å². The van der Waals surface area contributed by atoms with Crippen molar-refractivity contribution in [3.8, 4) is 40.0 Å². The van der Waals surface area contributed by atoms with E-state index in [4.69, 9.17) is 14.2 Å². The van der Waals surface area contributed by atoms with Crippen LogP contribution in [0.1, 0.15) is 15.9 Å². The van der Waals surface area contributed by atoms with Gasteiger partial charge in [0.1, 0.15) is 28.8 Å². The molecule has 0 spiro atoms. The van der Waals surface area contributed by atoms with Crippen molar-refractivity contribution in [3.63, 3.8) is 0 Å². The van der Waals surface area contributed by atoms with E-state index >= 15 is 0 Å². The Hall–Kier alpha value is -5.37. The van der Waals surface area contributed by atoms with Crippen molar-refractivity contribution in [2.75, 3.05) is 24.8 Å². The van der Waals surface area contributed by atoms with Crippen LogP contribution in [-0.2, 0) is 0 Å². The SMILES string of the molecule is CNc1cc(-c2cccnc2Oc2cc(C(=O)Nc3cc(Oc4ccccc4)ccc3OC)ccc2C)ccn1. The molecule has 2 heterocycles. The lowest BCUT2D eigenvalue weighted by molar-refractivity contribution is 0.102. The Morgan fingerprint density at radius 1 is 0.775 bits per heavy atom. The van der Waals surface area contributed by atoms with Gasteiger partial charge >= 0.3 is 0 Å². The van der Waals surface area contributed by atoms with Crippen LogP contribution in [0.4, 0.5) is 11.5 Å². The number of carbonyl (C=O) groups excluding carboxylic acids is 1. The Bertz CT molecular complexity index is 1640. The highest BCUT2D eigenvalue weighted by Gasteiger charge is 2.16. The Morgan fingerprint density at radius 3 is 2.42 bits per heavy atom. The Balaban J connectivity index is 1.39. The summed E-state index contributed by atoms with van der Waals surface area (Å²) in [4.78, 5) is 22.1. The van der Waals surface area contributed by atoms with Gasteiger partial charge in [0.2, 0.25) is 5.88 Å². The summed E-state index contributed by atoms with van der Waals surface area (Å²) < 4.78 is 17.7. The summed E-state index contributed by atoms with van der Waals surface area (Å²) in [5, 5.41) is 5.98. The first-order chi connectivity index (χ1) is 19.5. The number of nitrogens with zero attached hydrogens (tertiary/aromatic N) is 2. The van der Waals surface area contributed by atoms with E-state index in [1.165, 1.54) is 0 Å². The van der Waals surface area contributed by atoms with E-state index in [9.17, 15) is 4.79 Å². The van der Waals surface area contributed by atoms with E-state index in [0.717, 1.165) is 22.5 Å². The summed E-state index contributed by atoms with van der Waals surface area (Å²) in [5.74, 6) is 3.11. The van der Waals surface area contributed by atoms with Gasteiger partial charge in [0.05, 0.1) is 12.8 Å². The van der Waals surface area contributed by atoms with Crippen LogP contribution in [0.2, 0.25) is 0 Å². The number of carbonyl (C=O) groups is 1. The monoisotopic (exact) mass is 532 g/mol. The molecule has 200 valence electrons. The topological polar surface area (TPSA) is 94.6 Å². The molecule has 0 aliphatic heterocycles. The maximum absolute atomic E-state index is 13.3. The summed E-state index contributed by atoms with van der Waals surface area (Å²) in [6, 6.07) is 27.6. The van der Waals surface area contributed by atoms with Crippen molar-refractivity contribution in [3.05, 3.63) is 115 Å². The van der Waals surface area contributed by atoms with Crippen LogP contribution in [0.15, 0.2) is 103 Å². The zero-order valence-corrected chi connectivity index (χ0v) is 22.3. The predicted octanol–water partition coefficient (Wildman–Crippen LogP) is 7.34. The third-order valence-corrected chi connectivity index (χ3v) is 6.15. The number of pyridine rings is 2. The highest BCUT2D eigenvalue weighted by Crippen LogP contribution is 2.35. The first kappa shape index (κ1) is 26.2. The lowest BCUT2D eigenvalue weighted by Gasteiger charge is -2.15. The van der Waals surface area contributed by atoms with E-state index in [-0.39, 0.29) is 5.91 Å². The summed E-state index contributed by atoms with van der Waals surface area (Å²) >= 11 is 0. The third kappa shape index (κ3) is 6.02. The minimum Gasteiger partial charge on any atom is -0.495 e. The molecule has 0 aliphatic carbocycles. The number of ether oxygens (including phenoxy) is 3. The molecule has 8 heteroatoms. The highest BCUT2D eigenvalue weighted by molar-refractivity contribution is 6.05. The number of amides is 1. The first-order valence-electron chi connectivity index (χ1n) is 12.6. The second-order valence-electron chi connectivity index (χ2n) is 8.85. The molecule has 2 aromatic heterocycles. The van der Waals surface area contributed by atoms with Gasteiger partial charge in [-0.25, -0.2) is 9.97 Å². The Kier molecular flexibility index (Phi) is 7.87. The zero-order chi connectivity index (χ0) is 27.9. The maximum atomic E-state index is 13.3. The minimum absolute atomic E-state index is 0.325. The Morgan fingerprint density at radius 2 is 1.62 bits per heavy atom. The molecule has 5 aromatic rings. The highest BCUT2D eigenvalue weighted by atomic mass is 16.5. The second kappa shape index (κ2) is 12.0. The minimum atomic E-state index is -0.325. The summed E-state index contributed by atoms with van der Waals surface area (Å²) in [5.41, 5.74) is 3.45. The van der Waals surface area contributed by atoms with Gasteiger partial charge < -0.3 is 24.8 Å². The number of nitrogens with one attached hydrogen (secondary N) is 2. The van der Waals surface area contributed by atoms with E-state index in [0.29, 0.717) is 40.1 Å². The molecule has 0 saturated carbocycles. The average Bonchev–Trinajstić information content (AvgIpc) is 2.99. The third-order valence-electron chi connectivity index (χ3n) is 6.15. The van der Waals surface area contributed by atoms with Crippen molar-refractivity contribution in [1.82, 2.24) is 9.97 Å². The van der Waals surface area contributed by atoms with Crippen molar-refractivity contribution < 1.29 is 19.0 Å². The maximum Gasteiger partial charge on any atom is 0.255 e. The molecule has 2 N–H and O–H groups in total. The predicted molar refractivity (Wildman–Crippen MR) is 156 cm³/mol. The van der Waals surface area contributed by atoms with Gasteiger partial charge in [-0.1, -0.05) is 24.3 Å². The van der Waals surface area contributed by atoms with E-state index in [1.807, 2.05) is 74.6 Å². The van der Waals surface area contributed by atoms with Crippen LogP contribution in [-0.4, -0.2) is 30.0 Å². The number of para-hydroxylation sites is 1. The fourth-order valence-corrected chi connectivity index (χ4v) is 4.05. The quantitative estimate of drug-likeness (QED) is 0.205. The molecule has 3 aromatic carbocycles. The van der Waals surface area contributed by atoms with E-state index in [2.05, 4.69) is 20.6 Å². The van der Waals surface area contributed by atoms with E-state index in [1.54, 1.807) is 49.8 Å². The molecule has 0 unspecified atom stereocenters. The molecule has 40 heavy (non-hydrogen) atoms. The lowest BCUT2D eigenvalue weighted by Crippen LogP contribution is -2.13. The molecule has 0 bridgehead atoms. The average molecular weight is 533 g/mol. The number of anilines is 2. The van der Waals surface area contributed by atoms with Crippen molar-refractivity contribution in [2.24, 2.45) is 0 Å². The molecule has 5 rings (SSSR count). The smallest absolute Gasteiger partial charge is 0.255 e. The van der Waals surface area contributed by atoms with Gasteiger partial charge in [-0.05, 0) is 78.7 Å². The molecule has 0 saturated heterocycles. The van der Waals surface area contributed by atoms with Gasteiger partial charge in [-0.2, -0.15) is 0 Å². The summed E-state index contributed by atoms with van der Waals surface area (Å²) in [6.45, 7) is 1.92. The van der Waals surface area contributed by atoms with Gasteiger partial charge in [-0.3, -0.25) is 4.79 Å². The van der Waals surface area contributed by atoms with Crippen LogP contribution >= 0.6 is 0 Å². The molecule has 0 aliphatic rings. The van der Waals surface area contributed by atoms with Crippen molar-refractivity contribution in [2.45, 2.75) is 6.92 Å². The Labute approximate surface area is 232 Å². The van der Waals surface area contributed by atoms with Crippen LogP contribution in [0.5, 0.6) is 28.9 Å². The largest absolute Gasteiger partial charge is 0.495 e.